The smallest absolute Gasteiger partial charge is 0.243 e. The summed E-state index contributed by atoms with van der Waals surface area (Å²) >= 11 is 0. The van der Waals surface area contributed by atoms with Gasteiger partial charge in [0.05, 0.1) is 17.2 Å². The van der Waals surface area contributed by atoms with Crippen molar-refractivity contribution in [2.45, 2.75) is 75.9 Å². The lowest BCUT2D eigenvalue weighted by molar-refractivity contribution is -0.144. The summed E-state index contributed by atoms with van der Waals surface area (Å²) in [7, 11) is 2.07. The van der Waals surface area contributed by atoms with Crippen molar-refractivity contribution < 1.29 is 4.79 Å². The lowest BCUT2D eigenvalue weighted by atomic mass is 9.66. The molecule has 6 rings (SSSR count). The number of piperazine rings is 1. The van der Waals surface area contributed by atoms with E-state index < -0.39 is 5.54 Å². The fraction of sp³-hybridized carbons (Fsp3) is 0.607. The van der Waals surface area contributed by atoms with Crippen LogP contribution in [0.1, 0.15) is 64.0 Å². The molecule has 3 aliphatic heterocycles. The van der Waals surface area contributed by atoms with E-state index in [1.54, 1.807) is 18.6 Å². The van der Waals surface area contributed by atoms with Crippen LogP contribution in [0.15, 0.2) is 24.7 Å². The zero-order chi connectivity index (χ0) is 25.9. The number of carbonyl (C=O) groups excluding carboxylic acids is 1. The number of anilines is 3. The highest BCUT2D eigenvalue weighted by Gasteiger charge is 2.52. The van der Waals surface area contributed by atoms with Crippen molar-refractivity contribution in [3.63, 3.8) is 0 Å². The highest BCUT2D eigenvalue weighted by molar-refractivity contribution is 5.87. The summed E-state index contributed by atoms with van der Waals surface area (Å²) in [5.74, 6) is 2.93. The molecule has 194 valence electrons. The van der Waals surface area contributed by atoms with Crippen LogP contribution >= 0.6 is 0 Å². The molecular weight excluding hydrogens is 464 g/mol. The monoisotopic (exact) mass is 500 g/mol. The Bertz CT molecular complexity index is 1270. The molecule has 1 saturated carbocycles. The van der Waals surface area contributed by atoms with Crippen LogP contribution in [0.4, 0.5) is 17.5 Å². The van der Waals surface area contributed by atoms with E-state index >= 15 is 0 Å². The molecule has 2 aromatic rings. The number of likely N-dealkylation sites (N-methyl/N-ethyl adjacent to an activating group) is 1. The summed E-state index contributed by atoms with van der Waals surface area (Å²) in [6.07, 6.45) is 8.74. The number of carbonyl (C=O) groups is 1. The Morgan fingerprint density at radius 3 is 2.54 bits per heavy atom. The van der Waals surface area contributed by atoms with Crippen LogP contribution < -0.4 is 9.80 Å². The van der Waals surface area contributed by atoms with Gasteiger partial charge in [0.25, 0.3) is 0 Å². The van der Waals surface area contributed by atoms with Crippen LogP contribution in [0, 0.1) is 11.3 Å². The van der Waals surface area contributed by atoms with E-state index in [0.717, 1.165) is 62.8 Å². The highest BCUT2D eigenvalue weighted by Crippen LogP contribution is 2.56. The third-order valence-electron chi connectivity index (χ3n) is 9.50. The second kappa shape index (κ2) is 8.66. The van der Waals surface area contributed by atoms with Crippen molar-refractivity contribution in [2.24, 2.45) is 0 Å². The quantitative estimate of drug-likeness (QED) is 0.634. The van der Waals surface area contributed by atoms with Crippen LogP contribution in [0.2, 0.25) is 0 Å². The Morgan fingerprint density at radius 1 is 1.08 bits per heavy atom. The molecule has 0 unspecified atom stereocenters. The van der Waals surface area contributed by atoms with Crippen LogP contribution in [-0.2, 0) is 10.2 Å². The van der Waals surface area contributed by atoms with Crippen molar-refractivity contribution in [1.29, 1.82) is 5.26 Å². The lowest BCUT2D eigenvalue weighted by Gasteiger charge is -2.49. The van der Waals surface area contributed by atoms with E-state index in [2.05, 4.69) is 58.5 Å². The first-order valence-corrected chi connectivity index (χ1v) is 13.6. The van der Waals surface area contributed by atoms with E-state index in [1.807, 2.05) is 6.07 Å². The van der Waals surface area contributed by atoms with Crippen LogP contribution in [0.25, 0.3) is 0 Å². The second-order valence-corrected chi connectivity index (χ2v) is 11.7. The van der Waals surface area contributed by atoms with Crippen molar-refractivity contribution in [2.75, 3.05) is 43.0 Å². The van der Waals surface area contributed by atoms with Crippen LogP contribution in [0.3, 0.4) is 0 Å². The minimum absolute atomic E-state index is 0.00615. The second-order valence-electron chi connectivity index (χ2n) is 11.7. The highest BCUT2D eigenvalue weighted by atomic mass is 16.2. The zero-order valence-electron chi connectivity index (χ0n) is 22.3. The molecule has 1 aliphatic carbocycles. The molecule has 9 nitrogen and oxygen atoms in total. The van der Waals surface area contributed by atoms with E-state index in [1.165, 1.54) is 12.0 Å². The van der Waals surface area contributed by atoms with Gasteiger partial charge in [0.15, 0.2) is 0 Å². The fourth-order valence-corrected chi connectivity index (χ4v) is 6.94. The third-order valence-corrected chi connectivity index (χ3v) is 9.50. The van der Waals surface area contributed by atoms with E-state index in [-0.39, 0.29) is 23.4 Å². The van der Waals surface area contributed by atoms with Crippen molar-refractivity contribution in [1.82, 2.24) is 24.8 Å². The molecule has 1 spiro atoms. The summed E-state index contributed by atoms with van der Waals surface area (Å²) in [5, 5.41) is 9.43. The minimum atomic E-state index is -0.409. The molecule has 2 aromatic heterocycles. The van der Waals surface area contributed by atoms with Gasteiger partial charge in [0, 0.05) is 48.9 Å². The number of amides is 1. The molecule has 37 heavy (non-hydrogen) atoms. The fourth-order valence-electron chi connectivity index (χ4n) is 6.94. The first-order chi connectivity index (χ1) is 17.8. The molecule has 0 aromatic carbocycles. The van der Waals surface area contributed by atoms with Gasteiger partial charge < -0.3 is 14.7 Å². The van der Waals surface area contributed by atoms with E-state index in [4.69, 9.17) is 9.97 Å². The number of hydrogen-bond acceptors (Lipinski definition) is 8. The molecule has 5 heterocycles. The topological polar surface area (TPSA) is 92.5 Å². The number of nitrogens with zero attached hydrogens (tertiary/aromatic N) is 8. The molecule has 4 aliphatic rings. The maximum Gasteiger partial charge on any atom is 0.243 e. The standard InChI is InChI=1S/C28H36N8O/c1-19-16-35(26(37)27(3)8-6-12-33(27)4)20(2)15-34(19)24-23-25(32-18-31-24)36(17-28(23)9-5-10-28)22-13-21(14-29)7-11-30-22/h7,11,13,18-20H,5-6,8-10,12,15-17H2,1-4H3/t19-,20+,27-/m0/s1. The predicted molar refractivity (Wildman–Crippen MR) is 142 cm³/mol. The van der Waals surface area contributed by atoms with E-state index in [9.17, 15) is 10.1 Å². The minimum Gasteiger partial charge on any atom is -0.350 e. The van der Waals surface area contributed by atoms with Crippen molar-refractivity contribution >= 4 is 23.4 Å². The maximum absolute atomic E-state index is 13.7. The Kier molecular flexibility index (Phi) is 5.64. The summed E-state index contributed by atoms with van der Waals surface area (Å²) < 4.78 is 0. The van der Waals surface area contributed by atoms with Gasteiger partial charge in [-0.25, -0.2) is 15.0 Å². The van der Waals surface area contributed by atoms with Crippen molar-refractivity contribution in [3.05, 3.63) is 35.8 Å². The maximum atomic E-state index is 13.7. The molecule has 9 heteroatoms. The molecule has 0 N–H and O–H groups in total. The molecule has 1 amide bonds. The first kappa shape index (κ1) is 24.1. The van der Waals surface area contributed by atoms with Gasteiger partial charge in [0.1, 0.15) is 23.8 Å². The Morgan fingerprint density at radius 2 is 1.86 bits per heavy atom. The SMILES string of the molecule is C[C@@H]1CN(c2ncnc3c2C2(CCC2)CN3c2cc(C#N)ccn2)[C@@H](C)CN1C(=O)[C@]1(C)CCCN1C. The average Bonchev–Trinajstić information content (AvgIpc) is 3.43. The van der Waals surface area contributed by atoms with Crippen LogP contribution in [-0.4, -0.2) is 81.5 Å². The molecular formula is C28H36N8O. The summed E-state index contributed by atoms with van der Waals surface area (Å²) in [4.78, 5) is 36.9. The number of hydrogen-bond donors (Lipinski definition) is 0. The molecule has 0 bridgehead atoms. The number of likely N-dealkylation sites (tertiary alicyclic amines) is 1. The molecule has 3 atom stereocenters. The van der Waals surface area contributed by atoms with Gasteiger partial charge in [-0.2, -0.15) is 5.26 Å². The zero-order valence-corrected chi connectivity index (χ0v) is 22.3. The number of nitriles is 1. The number of pyridine rings is 1. The van der Waals surface area contributed by atoms with Gasteiger partial charge in [-0.05, 0) is 72.2 Å². The summed E-state index contributed by atoms with van der Waals surface area (Å²) in [6, 6.07) is 6.04. The van der Waals surface area contributed by atoms with Gasteiger partial charge in [-0.1, -0.05) is 6.42 Å². The first-order valence-electron chi connectivity index (χ1n) is 13.6. The number of aromatic nitrogens is 3. The lowest BCUT2D eigenvalue weighted by Crippen LogP contribution is -2.64. The largest absolute Gasteiger partial charge is 0.350 e. The van der Waals surface area contributed by atoms with Crippen molar-refractivity contribution in [3.8, 4) is 6.07 Å². The summed E-state index contributed by atoms with van der Waals surface area (Å²) in [5.41, 5.74) is 1.41. The van der Waals surface area contributed by atoms with Gasteiger partial charge >= 0.3 is 0 Å². The Labute approximate surface area is 219 Å². The van der Waals surface area contributed by atoms with Gasteiger partial charge in [0.2, 0.25) is 5.91 Å². The molecule has 0 radical (unpaired) electrons. The Balaban J connectivity index is 1.33. The Hall–Kier alpha value is -3.25. The molecule has 2 saturated heterocycles. The number of fused-ring (bicyclic) bond motifs is 2. The normalized spacial score (nSPS) is 28.8. The molecule has 3 fully saturated rings. The van der Waals surface area contributed by atoms with Crippen LogP contribution in [0.5, 0.6) is 0 Å². The van der Waals surface area contributed by atoms with Gasteiger partial charge in [-0.3, -0.25) is 9.69 Å². The van der Waals surface area contributed by atoms with Gasteiger partial charge in [-0.15, -0.1) is 0 Å². The summed E-state index contributed by atoms with van der Waals surface area (Å²) in [6.45, 7) is 9.69. The predicted octanol–water partition coefficient (Wildman–Crippen LogP) is 3.23. The number of rotatable bonds is 3. The third kappa shape index (κ3) is 3.60. The van der Waals surface area contributed by atoms with E-state index in [0.29, 0.717) is 12.1 Å². The average molecular weight is 501 g/mol.